The number of carbonyl (C=O) groups excluding carboxylic acids is 1. The van der Waals surface area contributed by atoms with Crippen LogP contribution in [0.1, 0.15) is 33.6 Å². The third-order valence-electron chi connectivity index (χ3n) is 5.58. The highest BCUT2D eigenvalue weighted by atomic mass is 16.5. The number of amides is 1. The van der Waals surface area contributed by atoms with Crippen LogP contribution in [0.4, 0.5) is 0 Å². The fraction of sp³-hybridized carbons (Fsp3) is 0.200. The van der Waals surface area contributed by atoms with Gasteiger partial charge in [0.05, 0.1) is 5.69 Å². The fourth-order valence-electron chi connectivity index (χ4n) is 4.03. The molecule has 0 bridgehead atoms. The molecule has 1 aliphatic rings. The summed E-state index contributed by atoms with van der Waals surface area (Å²) in [6.07, 6.45) is 6.76. The Bertz CT molecular complexity index is 1160. The second kappa shape index (κ2) is 8.03. The van der Waals surface area contributed by atoms with Crippen molar-refractivity contribution < 1.29 is 9.53 Å². The standard InChI is InChI=1S/C25H23N3O2/c29-25(27-21-12-11-18-6-1-2-7-19(18)14-21)20-8-5-9-23(15-20)30-17-22-16-28-13-4-3-10-24(28)26-22/h1-10,13,15-16,21H,11-12,14,17H2,(H,27,29). The maximum absolute atomic E-state index is 12.8. The third kappa shape index (κ3) is 3.92. The first kappa shape index (κ1) is 18.4. The van der Waals surface area contributed by atoms with Crippen LogP contribution in [0.3, 0.4) is 0 Å². The van der Waals surface area contributed by atoms with Gasteiger partial charge in [-0.2, -0.15) is 0 Å². The lowest BCUT2D eigenvalue weighted by Crippen LogP contribution is -2.38. The highest BCUT2D eigenvalue weighted by Crippen LogP contribution is 2.22. The molecule has 1 unspecified atom stereocenters. The first-order valence-corrected chi connectivity index (χ1v) is 10.3. The molecule has 0 aliphatic heterocycles. The molecule has 0 radical (unpaired) electrons. The number of hydrogen-bond donors (Lipinski definition) is 1. The number of rotatable bonds is 5. The largest absolute Gasteiger partial charge is 0.487 e. The molecule has 5 heteroatoms. The molecule has 30 heavy (non-hydrogen) atoms. The molecule has 1 N–H and O–H groups in total. The van der Waals surface area contributed by atoms with Gasteiger partial charge in [0.15, 0.2) is 0 Å². The van der Waals surface area contributed by atoms with Gasteiger partial charge in [-0.15, -0.1) is 0 Å². The number of aryl methyl sites for hydroxylation is 1. The minimum absolute atomic E-state index is 0.0578. The van der Waals surface area contributed by atoms with Crippen molar-refractivity contribution in [3.63, 3.8) is 0 Å². The number of imidazole rings is 1. The lowest BCUT2D eigenvalue weighted by atomic mass is 9.88. The zero-order valence-electron chi connectivity index (χ0n) is 16.6. The first-order chi connectivity index (χ1) is 14.7. The van der Waals surface area contributed by atoms with E-state index in [1.807, 2.05) is 53.2 Å². The van der Waals surface area contributed by atoms with E-state index in [4.69, 9.17) is 4.74 Å². The van der Waals surface area contributed by atoms with Crippen LogP contribution >= 0.6 is 0 Å². The number of benzene rings is 2. The SMILES string of the molecule is O=C(NC1CCc2ccccc2C1)c1cccc(OCc2cn3ccccc3n2)c1. The van der Waals surface area contributed by atoms with Crippen LogP contribution in [0.5, 0.6) is 5.75 Å². The van der Waals surface area contributed by atoms with Gasteiger partial charge >= 0.3 is 0 Å². The van der Waals surface area contributed by atoms with Crippen molar-refractivity contribution in [2.24, 2.45) is 0 Å². The molecule has 4 aromatic rings. The molecule has 0 fully saturated rings. The molecule has 2 aromatic heterocycles. The number of carbonyl (C=O) groups is 1. The van der Waals surface area contributed by atoms with Crippen molar-refractivity contribution in [2.75, 3.05) is 0 Å². The van der Waals surface area contributed by atoms with Crippen LogP contribution in [-0.4, -0.2) is 21.3 Å². The topological polar surface area (TPSA) is 55.6 Å². The van der Waals surface area contributed by atoms with E-state index >= 15 is 0 Å². The maximum atomic E-state index is 12.8. The van der Waals surface area contributed by atoms with E-state index in [0.717, 1.165) is 30.6 Å². The molecule has 0 spiro atoms. The molecular weight excluding hydrogens is 374 g/mol. The quantitative estimate of drug-likeness (QED) is 0.549. The number of hydrogen-bond acceptors (Lipinski definition) is 3. The summed E-state index contributed by atoms with van der Waals surface area (Å²) in [6.45, 7) is 0.353. The number of nitrogens with one attached hydrogen (secondary N) is 1. The summed E-state index contributed by atoms with van der Waals surface area (Å²) in [5.74, 6) is 0.603. The molecule has 5 rings (SSSR count). The van der Waals surface area contributed by atoms with E-state index in [1.165, 1.54) is 11.1 Å². The average molecular weight is 397 g/mol. The van der Waals surface area contributed by atoms with Gasteiger partial charge in [0.25, 0.3) is 5.91 Å². The highest BCUT2D eigenvalue weighted by Gasteiger charge is 2.20. The molecule has 5 nitrogen and oxygen atoms in total. The summed E-state index contributed by atoms with van der Waals surface area (Å²) < 4.78 is 7.86. The van der Waals surface area contributed by atoms with E-state index < -0.39 is 0 Å². The molecule has 1 aliphatic carbocycles. The molecule has 0 saturated carbocycles. The summed E-state index contributed by atoms with van der Waals surface area (Å²) in [5, 5.41) is 3.18. The van der Waals surface area contributed by atoms with Crippen molar-refractivity contribution in [1.82, 2.24) is 14.7 Å². The van der Waals surface area contributed by atoms with Gasteiger partial charge in [0, 0.05) is 24.0 Å². The summed E-state index contributed by atoms with van der Waals surface area (Å²) in [4.78, 5) is 17.3. The Morgan fingerprint density at radius 3 is 2.83 bits per heavy atom. The zero-order chi connectivity index (χ0) is 20.3. The molecule has 150 valence electrons. The third-order valence-corrected chi connectivity index (χ3v) is 5.58. The van der Waals surface area contributed by atoms with Gasteiger partial charge in [-0.3, -0.25) is 4.79 Å². The minimum atomic E-state index is -0.0578. The summed E-state index contributed by atoms with van der Waals surface area (Å²) in [6, 6.07) is 21.8. The van der Waals surface area contributed by atoms with Crippen LogP contribution in [-0.2, 0) is 19.4 Å². The Hall–Kier alpha value is -3.60. The number of ether oxygens (including phenoxy) is 1. The van der Waals surface area contributed by atoms with Gasteiger partial charge in [0.2, 0.25) is 0 Å². The summed E-state index contributed by atoms with van der Waals surface area (Å²) in [5.41, 5.74) is 5.07. The fourth-order valence-corrected chi connectivity index (χ4v) is 4.03. The van der Waals surface area contributed by atoms with Crippen LogP contribution in [0, 0.1) is 0 Å². The van der Waals surface area contributed by atoms with E-state index in [-0.39, 0.29) is 11.9 Å². The lowest BCUT2D eigenvalue weighted by Gasteiger charge is -2.25. The predicted octanol–water partition coefficient (Wildman–Crippen LogP) is 4.20. The molecular formula is C25H23N3O2. The van der Waals surface area contributed by atoms with Gasteiger partial charge in [-0.1, -0.05) is 36.4 Å². The molecule has 2 aromatic carbocycles. The van der Waals surface area contributed by atoms with Gasteiger partial charge in [0.1, 0.15) is 18.0 Å². The van der Waals surface area contributed by atoms with Gasteiger partial charge in [-0.25, -0.2) is 4.98 Å². The number of fused-ring (bicyclic) bond motifs is 2. The van der Waals surface area contributed by atoms with Gasteiger partial charge in [-0.05, 0) is 60.7 Å². The predicted molar refractivity (Wildman–Crippen MR) is 116 cm³/mol. The minimum Gasteiger partial charge on any atom is -0.487 e. The number of pyridine rings is 1. The normalized spacial score (nSPS) is 15.5. The second-order valence-corrected chi connectivity index (χ2v) is 7.70. The van der Waals surface area contributed by atoms with Crippen LogP contribution < -0.4 is 10.1 Å². The van der Waals surface area contributed by atoms with Crippen LogP contribution in [0.15, 0.2) is 79.1 Å². The van der Waals surface area contributed by atoms with Crippen molar-refractivity contribution in [3.05, 3.63) is 102 Å². The Labute approximate surface area is 175 Å². The van der Waals surface area contributed by atoms with Gasteiger partial charge < -0.3 is 14.5 Å². The van der Waals surface area contributed by atoms with E-state index in [9.17, 15) is 4.79 Å². The van der Waals surface area contributed by atoms with E-state index in [1.54, 1.807) is 6.07 Å². The molecule has 0 saturated heterocycles. The van der Waals surface area contributed by atoms with Crippen LogP contribution in [0.2, 0.25) is 0 Å². The Balaban J connectivity index is 1.22. The maximum Gasteiger partial charge on any atom is 0.251 e. The summed E-state index contributed by atoms with van der Waals surface area (Å²) >= 11 is 0. The zero-order valence-corrected chi connectivity index (χ0v) is 16.6. The second-order valence-electron chi connectivity index (χ2n) is 7.70. The molecule has 1 atom stereocenters. The first-order valence-electron chi connectivity index (χ1n) is 10.3. The Morgan fingerprint density at radius 2 is 1.93 bits per heavy atom. The Kier molecular flexibility index (Phi) is 4.93. The number of aromatic nitrogens is 2. The molecule has 1 amide bonds. The van der Waals surface area contributed by atoms with Crippen LogP contribution in [0.25, 0.3) is 5.65 Å². The number of nitrogens with zero attached hydrogens (tertiary/aromatic N) is 2. The van der Waals surface area contributed by atoms with Crippen molar-refractivity contribution >= 4 is 11.6 Å². The van der Waals surface area contributed by atoms with E-state index in [2.05, 4.69) is 34.6 Å². The lowest BCUT2D eigenvalue weighted by molar-refractivity contribution is 0.0933. The monoisotopic (exact) mass is 397 g/mol. The molecule has 2 heterocycles. The smallest absolute Gasteiger partial charge is 0.251 e. The van der Waals surface area contributed by atoms with Crippen molar-refractivity contribution in [3.8, 4) is 5.75 Å². The average Bonchev–Trinajstić information content (AvgIpc) is 3.21. The Morgan fingerprint density at radius 1 is 1.07 bits per heavy atom. The summed E-state index contributed by atoms with van der Waals surface area (Å²) in [7, 11) is 0. The van der Waals surface area contributed by atoms with E-state index in [0.29, 0.717) is 17.9 Å². The van der Waals surface area contributed by atoms with Crippen molar-refractivity contribution in [2.45, 2.75) is 31.9 Å². The van der Waals surface area contributed by atoms with Crippen molar-refractivity contribution in [1.29, 1.82) is 0 Å². The highest BCUT2D eigenvalue weighted by molar-refractivity contribution is 5.94.